The molecular formula is C19H20N4O3S. The van der Waals surface area contributed by atoms with E-state index in [1.54, 1.807) is 36.5 Å². The van der Waals surface area contributed by atoms with Crippen molar-refractivity contribution in [3.8, 4) is 0 Å². The van der Waals surface area contributed by atoms with Crippen LogP contribution < -0.4 is 16.6 Å². The lowest BCUT2D eigenvalue weighted by Crippen LogP contribution is -2.34. The van der Waals surface area contributed by atoms with Crippen LogP contribution in [-0.2, 0) is 6.54 Å². The van der Waals surface area contributed by atoms with Crippen molar-refractivity contribution in [2.75, 3.05) is 0 Å². The molecule has 8 heteroatoms. The maximum atomic E-state index is 12.8. The fraction of sp³-hybridized carbons (Fsp3) is 0.368. The average molecular weight is 384 g/mol. The zero-order chi connectivity index (χ0) is 19.1. The largest absolute Gasteiger partial charge is 0.343 e. The van der Waals surface area contributed by atoms with E-state index in [0.717, 1.165) is 28.1 Å². The van der Waals surface area contributed by atoms with E-state index >= 15 is 0 Å². The summed E-state index contributed by atoms with van der Waals surface area (Å²) in [5.74, 6) is 0.179. The van der Waals surface area contributed by atoms with Crippen LogP contribution in [0.25, 0.3) is 10.9 Å². The summed E-state index contributed by atoms with van der Waals surface area (Å²) in [6.07, 6.45) is 2.15. The van der Waals surface area contributed by atoms with E-state index in [4.69, 9.17) is 0 Å². The Morgan fingerprint density at radius 3 is 2.81 bits per heavy atom. The van der Waals surface area contributed by atoms with Gasteiger partial charge < -0.3 is 10.3 Å². The van der Waals surface area contributed by atoms with Crippen molar-refractivity contribution < 1.29 is 4.79 Å². The summed E-state index contributed by atoms with van der Waals surface area (Å²) in [5, 5.41) is 6.37. The normalized spacial score (nSPS) is 15.0. The van der Waals surface area contributed by atoms with Crippen LogP contribution in [-0.4, -0.2) is 20.4 Å². The van der Waals surface area contributed by atoms with Crippen molar-refractivity contribution in [3.63, 3.8) is 0 Å². The summed E-state index contributed by atoms with van der Waals surface area (Å²) in [6, 6.07) is 4.67. The standard InChI is InChI=1S/C19H20N4O3S/c1-3-23-18(25)13-7-6-12(8-14(13)21-19(23)26)16(24)22-15(11-4-5-11)17-20-10(2)9-27-17/h6-9,11,15H,3-5H2,1-2H3,(H,21,26)(H,22,24). The third-order valence-corrected chi connectivity index (χ3v) is 5.89. The van der Waals surface area contributed by atoms with Crippen molar-refractivity contribution in [1.82, 2.24) is 19.9 Å². The van der Waals surface area contributed by atoms with Gasteiger partial charge in [-0.05, 0) is 50.8 Å². The van der Waals surface area contributed by atoms with Gasteiger partial charge in [-0.2, -0.15) is 0 Å². The van der Waals surface area contributed by atoms with Gasteiger partial charge in [0.2, 0.25) is 0 Å². The second-order valence-electron chi connectivity index (χ2n) is 6.86. The van der Waals surface area contributed by atoms with Gasteiger partial charge in [0, 0.05) is 23.2 Å². The lowest BCUT2D eigenvalue weighted by atomic mass is 10.1. The molecule has 2 N–H and O–H groups in total. The Labute approximate surface area is 159 Å². The van der Waals surface area contributed by atoms with Crippen LogP contribution in [0.15, 0.2) is 33.2 Å². The molecule has 0 radical (unpaired) electrons. The fourth-order valence-electron chi connectivity index (χ4n) is 3.23. The highest BCUT2D eigenvalue weighted by atomic mass is 32.1. The van der Waals surface area contributed by atoms with Crippen LogP contribution in [0.4, 0.5) is 0 Å². The third-order valence-electron chi connectivity index (χ3n) is 4.84. The monoisotopic (exact) mass is 384 g/mol. The number of carbonyl (C=O) groups excluding carboxylic acids is 1. The van der Waals surface area contributed by atoms with E-state index in [9.17, 15) is 14.4 Å². The number of aromatic nitrogens is 3. The van der Waals surface area contributed by atoms with E-state index in [1.165, 1.54) is 0 Å². The first-order chi connectivity index (χ1) is 13.0. The van der Waals surface area contributed by atoms with Crippen LogP contribution >= 0.6 is 11.3 Å². The average Bonchev–Trinajstić information content (AvgIpc) is 3.40. The summed E-state index contributed by atoms with van der Waals surface area (Å²) in [7, 11) is 0. The number of aromatic amines is 1. The van der Waals surface area contributed by atoms with Crippen LogP contribution in [0.1, 0.15) is 46.9 Å². The lowest BCUT2D eigenvalue weighted by molar-refractivity contribution is 0.0931. The first kappa shape index (κ1) is 17.7. The highest BCUT2D eigenvalue weighted by Gasteiger charge is 2.35. The van der Waals surface area contributed by atoms with Gasteiger partial charge in [0.25, 0.3) is 11.5 Å². The van der Waals surface area contributed by atoms with Gasteiger partial charge in [-0.1, -0.05) is 0 Å². The number of hydrogen-bond donors (Lipinski definition) is 2. The Bertz CT molecular complexity index is 1140. The van der Waals surface area contributed by atoms with E-state index < -0.39 is 5.69 Å². The van der Waals surface area contributed by atoms with Crippen LogP contribution in [0.5, 0.6) is 0 Å². The number of thiazole rings is 1. The molecule has 140 valence electrons. The Hall–Kier alpha value is -2.74. The van der Waals surface area contributed by atoms with E-state index in [-0.39, 0.29) is 17.5 Å². The molecule has 2 heterocycles. The first-order valence-corrected chi connectivity index (χ1v) is 9.85. The second-order valence-corrected chi connectivity index (χ2v) is 7.75. The topological polar surface area (TPSA) is 96.8 Å². The minimum Gasteiger partial charge on any atom is -0.343 e. The molecule has 2 aromatic heterocycles. The second kappa shape index (κ2) is 6.77. The molecule has 1 aromatic carbocycles. The van der Waals surface area contributed by atoms with E-state index in [2.05, 4.69) is 15.3 Å². The molecule has 0 spiro atoms. The summed E-state index contributed by atoms with van der Waals surface area (Å²) in [6.45, 7) is 3.97. The van der Waals surface area contributed by atoms with Gasteiger partial charge in [-0.15, -0.1) is 11.3 Å². The number of aryl methyl sites for hydroxylation is 1. The summed E-state index contributed by atoms with van der Waals surface area (Å²) in [4.78, 5) is 44.4. The van der Waals surface area contributed by atoms with E-state index in [1.807, 2.05) is 12.3 Å². The molecule has 1 saturated carbocycles. The molecule has 7 nitrogen and oxygen atoms in total. The zero-order valence-electron chi connectivity index (χ0n) is 15.1. The number of amides is 1. The number of H-pyrrole nitrogens is 1. The Kier molecular flexibility index (Phi) is 4.43. The quantitative estimate of drug-likeness (QED) is 0.706. The van der Waals surface area contributed by atoms with Crippen molar-refractivity contribution in [3.05, 3.63) is 60.7 Å². The first-order valence-electron chi connectivity index (χ1n) is 8.97. The SMILES string of the molecule is CCn1c(=O)[nH]c2cc(C(=O)NC(c3nc(C)cs3)C3CC3)ccc2c1=O. The van der Waals surface area contributed by atoms with E-state index in [0.29, 0.717) is 28.9 Å². The summed E-state index contributed by atoms with van der Waals surface area (Å²) >= 11 is 1.56. The molecule has 1 aliphatic carbocycles. The molecule has 0 bridgehead atoms. The Morgan fingerprint density at radius 1 is 1.41 bits per heavy atom. The number of benzene rings is 1. The number of rotatable bonds is 5. The van der Waals surface area contributed by atoms with Gasteiger partial charge in [0.1, 0.15) is 5.01 Å². The number of nitrogens with one attached hydrogen (secondary N) is 2. The van der Waals surface area contributed by atoms with Gasteiger partial charge in [-0.3, -0.25) is 14.2 Å². The number of fused-ring (bicyclic) bond motifs is 1. The number of carbonyl (C=O) groups is 1. The van der Waals surface area contributed by atoms with Gasteiger partial charge >= 0.3 is 5.69 Å². The van der Waals surface area contributed by atoms with Crippen LogP contribution in [0.2, 0.25) is 0 Å². The smallest absolute Gasteiger partial charge is 0.328 e. The van der Waals surface area contributed by atoms with Crippen molar-refractivity contribution in [2.45, 2.75) is 39.3 Å². The summed E-state index contributed by atoms with van der Waals surface area (Å²) < 4.78 is 1.13. The lowest BCUT2D eigenvalue weighted by Gasteiger charge is -2.16. The zero-order valence-corrected chi connectivity index (χ0v) is 15.9. The molecule has 1 fully saturated rings. The van der Waals surface area contributed by atoms with Crippen LogP contribution in [0.3, 0.4) is 0 Å². The van der Waals surface area contributed by atoms with Crippen molar-refractivity contribution in [1.29, 1.82) is 0 Å². The Morgan fingerprint density at radius 2 is 2.19 bits per heavy atom. The maximum Gasteiger partial charge on any atom is 0.328 e. The molecule has 3 aromatic rings. The molecule has 0 saturated heterocycles. The molecule has 1 unspecified atom stereocenters. The number of hydrogen-bond acceptors (Lipinski definition) is 5. The minimum absolute atomic E-state index is 0.0981. The fourth-order valence-corrected chi connectivity index (χ4v) is 4.17. The van der Waals surface area contributed by atoms with Gasteiger partial charge in [-0.25, -0.2) is 9.78 Å². The molecule has 1 amide bonds. The number of nitrogens with zero attached hydrogens (tertiary/aromatic N) is 2. The minimum atomic E-state index is -0.471. The van der Waals surface area contributed by atoms with Crippen molar-refractivity contribution in [2.24, 2.45) is 5.92 Å². The molecule has 4 rings (SSSR count). The van der Waals surface area contributed by atoms with Gasteiger partial charge in [0.05, 0.1) is 16.9 Å². The predicted molar refractivity (Wildman–Crippen MR) is 104 cm³/mol. The highest BCUT2D eigenvalue weighted by molar-refractivity contribution is 7.09. The van der Waals surface area contributed by atoms with Crippen molar-refractivity contribution >= 4 is 28.1 Å². The highest BCUT2D eigenvalue weighted by Crippen LogP contribution is 2.42. The summed E-state index contributed by atoms with van der Waals surface area (Å²) in [5.41, 5.74) is 0.908. The molecule has 1 aliphatic rings. The molecule has 27 heavy (non-hydrogen) atoms. The Balaban J connectivity index is 1.66. The third kappa shape index (κ3) is 3.32. The molecular weight excluding hydrogens is 364 g/mol. The predicted octanol–water partition coefficient (Wildman–Crippen LogP) is 2.36. The maximum absolute atomic E-state index is 12.8. The molecule has 0 aliphatic heterocycles. The molecule has 1 atom stereocenters. The van der Waals surface area contributed by atoms with Gasteiger partial charge in [0.15, 0.2) is 0 Å². The van der Waals surface area contributed by atoms with Crippen LogP contribution in [0, 0.1) is 12.8 Å².